The van der Waals surface area contributed by atoms with Gasteiger partial charge in [-0.1, -0.05) is 12.8 Å². The number of halogens is 1. The molecule has 0 aromatic carbocycles. The van der Waals surface area contributed by atoms with Crippen LogP contribution < -0.4 is 5.73 Å². The first-order valence-electron chi connectivity index (χ1n) is 4.48. The molecule has 1 aromatic heterocycles. The maximum absolute atomic E-state index is 6.02. The van der Waals surface area contributed by atoms with Crippen LogP contribution in [0.1, 0.15) is 31.0 Å². The normalized spacial score (nSPS) is 18.6. The van der Waals surface area contributed by atoms with E-state index in [0.717, 1.165) is 22.5 Å². The fraction of sp³-hybridized carbons (Fsp3) is 0.556. The van der Waals surface area contributed by atoms with Gasteiger partial charge in [0.25, 0.3) is 0 Å². The van der Waals surface area contributed by atoms with Gasteiger partial charge in [-0.25, -0.2) is 9.97 Å². The molecule has 3 nitrogen and oxygen atoms in total. The van der Waals surface area contributed by atoms with Gasteiger partial charge in [0.05, 0.1) is 10.2 Å². The average Bonchev–Trinajstić information content (AvgIpc) is 2.89. The van der Waals surface area contributed by atoms with Gasteiger partial charge < -0.3 is 5.73 Å². The summed E-state index contributed by atoms with van der Waals surface area (Å²) in [7, 11) is 0. The summed E-state index contributed by atoms with van der Waals surface area (Å²) in [6, 6.07) is 0.0601. The molecular formula is C9H12BrN3. The Morgan fingerprint density at radius 2 is 2.38 bits per heavy atom. The van der Waals surface area contributed by atoms with Crippen LogP contribution in [-0.4, -0.2) is 9.97 Å². The van der Waals surface area contributed by atoms with Crippen molar-refractivity contribution in [2.45, 2.75) is 25.3 Å². The Morgan fingerprint density at radius 1 is 1.62 bits per heavy atom. The zero-order valence-corrected chi connectivity index (χ0v) is 8.87. The molecule has 0 spiro atoms. The van der Waals surface area contributed by atoms with Crippen LogP contribution in [-0.2, 0) is 0 Å². The van der Waals surface area contributed by atoms with Gasteiger partial charge in [0.1, 0.15) is 6.33 Å². The number of rotatable bonds is 3. The molecule has 1 aromatic rings. The third-order valence-electron chi connectivity index (χ3n) is 2.33. The monoisotopic (exact) mass is 241 g/mol. The lowest BCUT2D eigenvalue weighted by molar-refractivity contribution is 0.579. The van der Waals surface area contributed by atoms with E-state index in [2.05, 4.69) is 25.9 Å². The molecule has 1 fully saturated rings. The second kappa shape index (κ2) is 3.72. The first kappa shape index (κ1) is 9.09. The highest BCUT2D eigenvalue weighted by Crippen LogP contribution is 2.37. The maximum atomic E-state index is 6.02. The van der Waals surface area contributed by atoms with Crippen molar-refractivity contribution in [2.75, 3.05) is 0 Å². The van der Waals surface area contributed by atoms with Crippen molar-refractivity contribution in [3.63, 3.8) is 0 Å². The SMILES string of the molecule is NC(CC1CC1)c1ncncc1Br. The van der Waals surface area contributed by atoms with Crippen LogP contribution in [0, 0.1) is 5.92 Å². The summed E-state index contributed by atoms with van der Waals surface area (Å²) in [4.78, 5) is 8.08. The van der Waals surface area contributed by atoms with Gasteiger partial charge in [-0.3, -0.25) is 0 Å². The lowest BCUT2D eigenvalue weighted by Gasteiger charge is -2.10. The summed E-state index contributed by atoms with van der Waals surface area (Å²) in [5, 5.41) is 0. The second-order valence-corrected chi connectivity index (χ2v) is 4.40. The van der Waals surface area contributed by atoms with Gasteiger partial charge in [-0.05, 0) is 28.3 Å². The molecule has 1 saturated carbocycles. The lowest BCUT2D eigenvalue weighted by Crippen LogP contribution is -2.13. The highest BCUT2D eigenvalue weighted by molar-refractivity contribution is 9.10. The minimum absolute atomic E-state index is 0.0601. The number of hydrogen-bond acceptors (Lipinski definition) is 3. The van der Waals surface area contributed by atoms with Crippen molar-refractivity contribution >= 4 is 15.9 Å². The predicted octanol–water partition coefficient (Wildman–Crippen LogP) is 2.04. The standard InChI is InChI=1S/C9H12BrN3/c10-7-4-12-5-13-9(7)8(11)3-6-1-2-6/h4-6,8H,1-3,11H2. The minimum Gasteiger partial charge on any atom is -0.323 e. The third kappa shape index (κ3) is 2.25. The van der Waals surface area contributed by atoms with Gasteiger partial charge in [0, 0.05) is 12.2 Å². The third-order valence-corrected chi connectivity index (χ3v) is 2.94. The van der Waals surface area contributed by atoms with E-state index in [1.807, 2.05) is 0 Å². The van der Waals surface area contributed by atoms with Crippen molar-refractivity contribution in [1.29, 1.82) is 0 Å². The molecule has 0 bridgehead atoms. The van der Waals surface area contributed by atoms with E-state index >= 15 is 0 Å². The first-order valence-corrected chi connectivity index (χ1v) is 5.27. The topological polar surface area (TPSA) is 51.8 Å². The van der Waals surface area contributed by atoms with Crippen LogP contribution in [0.4, 0.5) is 0 Å². The van der Waals surface area contributed by atoms with Gasteiger partial charge in [0.15, 0.2) is 0 Å². The quantitative estimate of drug-likeness (QED) is 0.882. The van der Waals surface area contributed by atoms with Crippen LogP contribution in [0.25, 0.3) is 0 Å². The van der Waals surface area contributed by atoms with Crippen molar-refractivity contribution < 1.29 is 0 Å². The maximum Gasteiger partial charge on any atom is 0.115 e. The number of nitrogens with zero attached hydrogens (tertiary/aromatic N) is 2. The number of hydrogen-bond donors (Lipinski definition) is 1. The molecule has 4 heteroatoms. The molecule has 1 atom stereocenters. The summed E-state index contributed by atoms with van der Waals surface area (Å²) in [5.41, 5.74) is 6.95. The zero-order valence-electron chi connectivity index (χ0n) is 7.28. The first-order chi connectivity index (χ1) is 6.27. The van der Waals surface area contributed by atoms with E-state index < -0.39 is 0 Å². The average molecular weight is 242 g/mol. The highest BCUT2D eigenvalue weighted by atomic mass is 79.9. The molecule has 2 N–H and O–H groups in total. The Hall–Kier alpha value is -0.480. The van der Waals surface area contributed by atoms with Gasteiger partial charge >= 0.3 is 0 Å². The van der Waals surface area contributed by atoms with Crippen LogP contribution in [0.5, 0.6) is 0 Å². The molecule has 2 rings (SSSR count). The second-order valence-electron chi connectivity index (χ2n) is 3.54. The molecule has 0 amide bonds. The lowest BCUT2D eigenvalue weighted by atomic mass is 10.1. The summed E-state index contributed by atoms with van der Waals surface area (Å²) in [6.45, 7) is 0. The molecule has 1 heterocycles. The van der Waals surface area contributed by atoms with Gasteiger partial charge in [-0.2, -0.15) is 0 Å². The Bertz CT molecular complexity index is 299. The molecule has 0 saturated heterocycles. The number of nitrogens with two attached hydrogens (primary N) is 1. The van der Waals surface area contributed by atoms with Crippen LogP contribution >= 0.6 is 15.9 Å². The predicted molar refractivity (Wildman–Crippen MR) is 54.0 cm³/mol. The molecule has 0 aliphatic heterocycles. The summed E-state index contributed by atoms with van der Waals surface area (Å²) in [6.07, 6.45) is 7.00. The molecule has 0 radical (unpaired) electrons. The van der Waals surface area contributed by atoms with Gasteiger partial charge in [0.2, 0.25) is 0 Å². The molecule has 1 aliphatic carbocycles. The van der Waals surface area contributed by atoms with Crippen molar-refractivity contribution in [3.8, 4) is 0 Å². The van der Waals surface area contributed by atoms with Crippen LogP contribution in [0.15, 0.2) is 17.0 Å². The van der Waals surface area contributed by atoms with E-state index in [-0.39, 0.29) is 6.04 Å². The Balaban J connectivity index is 2.09. The summed E-state index contributed by atoms with van der Waals surface area (Å²) in [5.74, 6) is 0.830. The fourth-order valence-electron chi connectivity index (χ4n) is 1.42. The van der Waals surface area contributed by atoms with E-state index in [1.165, 1.54) is 12.8 Å². The van der Waals surface area contributed by atoms with Crippen molar-refractivity contribution in [3.05, 3.63) is 22.7 Å². The smallest absolute Gasteiger partial charge is 0.115 e. The van der Waals surface area contributed by atoms with Crippen LogP contribution in [0.3, 0.4) is 0 Å². The summed E-state index contributed by atoms with van der Waals surface area (Å²) >= 11 is 3.40. The largest absolute Gasteiger partial charge is 0.323 e. The fourth-order valence-corrected chi connectivity index (χ4v) is 1.93. The molecule has 70 valence electrons. The zero-order chi connectivity index (χ0) is 9.26. The highest BCUT2D eigenvalue weighted by Gasteiger charge is 2.25. The molecule has 1 aliphatic rings. The minimum atomic E-state index is 0.0601. The van der Waals surface area contributed by atoms with Gasteiger partial charge in [-0.15, -0.1) is 0 Å². The molecule has 1 unspecified atom stereocenters. The van der Waals surface area contributed by atoms with E-state index in [0.29, 0.717) is 0 Å². The Kier molecular flexibility index (Phi) is 2.60. The van der Waals surface area contributed by atoms with Crippen molar-refractivity contribution in [1.82, 2.24) is 9.97 Å². The van der Waals surface area contributed by atoms with E-state index in [1.54, 1.807) is 12.5 Å². The van der Waals surface area contributed by atoms with E-state index in [9.17, 15) is 0 Å². The molecule has 13 heavy (non-hydrogen) atoms. The Labute approximate surface area is 85.9 Å². The Morgan fingerprint density at radius 3 is 3.00 bits per heavy atom. The van der Waals surface area contributed by atoms with Crippen LogP contribution in [0.2, 0.25) is 0 Å². The molecular weight excluding hydrogens is 230 g/mol. The van der Waals surface area contributed by atoms with E-state index in [4.69, 9.17) is 5.73 Å². The summed E-state index contributed by atoms with van der Waals surface area (Å²) < 4.78 is 0.920. The van der Waals surface area contributed by atoms with Crippen molar-refractivity contribution in [2.24, 2.45) is 11.7 Å². The number of aromatic nitrogens is 2.